The average molecular weight is 278 g/mol. The summed E-state index contributed by atoms with van der Waals surface area (Å²) in [4.78, 5) is 23.5. The van der Waals surface area contributed by atoms with Crippen molar-refractivity contribution in [2.45, 2.75) is 13.0 Å². The Kier molecular flexibility index (Phi) is 5.54. The molecule has 0 aromatic heterocycles. The molecular formula is C14H15FN2O3. The summed E-state index contributed by atoms with van der Waals surface area (Å²) in [7, 11) is 0. The molecule has 20 heavy (non-hydrogen) atoms. The van der Waals surface area contributed by atoms with Gasteiger partial charge in [-0.1, -0.05) is 24.1 Å². The lowest BCUT2D eigenvalue weighted by atomic mass is 10.1. The summed E-state index contributed by atoms with van der Waals surface area (Å²) in [6.45, 7) is 0.952. The highest BCUT2D eigenvalue weighted by atomic mass is 19.1. The molecule has 1 atom stereocenters. The Morgan fingerprint density at radius 2 is 2.15 bits per heavy atom. The number of hydrogen-bond acceptors (Lipinski definition) is 2. The normalized spacial score (nSPS) is 11.2. The number of amides is 2. The van der Waals surface area contributed by atoms with E-state index in [4.69, 9.17) is 11.5 Å². The molecule has 6 heteroatoms. The van der Waals surface area contributed by atoms with Gasteiger partial charge in [-0.3, -0.25) is 4.79 Å². The van der Waals surface area contributed by atoms with Crippen LogP contribution in [0.15, 0.2) is 24.3 Å². The van der Waals surface area contributed by atoms with Gasteiger partial charge in [0.15, 0.2) is 0 Å². The van der Waals surface area contributed by atoms with E-state index in [1.54, 1.807) is 25.1 Å². The Morgan fingerprint density at radius 3 is 2.70 bits per heavy atom. The number of nitrogens with one attached hydrogen (secondary N) is 1. The van der Waals surface area contributed by atoms with Crippen LogP contribution >= 0.6 is 0 Å². The van der Waals surface area contributed by atoms with E-state index >= 15 is 0 Å². The minimum absolute atomic E-state index is 0.137. The number of carboxylic acids is 1. The van der Waals surface area contributed by atoms with Crippen LogP contribution in [0.25, 0.3) is 0 Å². The van der Waals surface area contributed by atoms with E-state index in [1.807, 2.05) is 0 Å². The standard InChI is InChI=1S/C14H15FN2O3/c1-3-8-17(9-13(18)19)14(20)16-10(2)11-6-4-5-7-12(11)15/h1,4-7,10H,8-9H2,2H3,(H,16,20)(H,18,19). The zero-order valence-electron chi connectivity index (χ0n) is 11.0. The minimum Gasteiger partial charge on any atom is -0.480 e. The molecule has 0 spiro atoms. The molecule has 1 aromatic rings. The SMILES string of the molecule is C#CCN(CC(=O)O)C(=O)NC(C)c1ccccc1F. The Balaban J connectivity index is 2.75. The van der Waals surface area contributed by atoms with Crippen molar-refractivity contribution in [3.8, 4) is 12.3 Å². The fourth-order valence-corrected chi connectivity index (χ4v) is 1.65. The van der Waals surface area contributed by atoms with Gasteiger partial charge in [-0.25, -0.2) is 9.18 Å². The van der Waals surface area contributed by atoms with Crippen molar-refractivity contribution in [1.82, 2.24) is 10.2 Å². The van der Waals surface area contributed by atoms with E-state index in [0.717, 1.165) is 4.90 Å². The first-order valence-corrected chi connectivity index (χ1v) is 5.90. The molecule has 0 aliphatic carbocycles. The maximum atomic E-state index is 13.6. The van der Waals surface area contributed by atoms with E-state index in [1.165, 1.54) is 6.07 Å². The molecular weight excluding hydrogens is 263 g/mol. The monoisotopic (exact) mass is 278 g/mol. The molecule has 1 rings (SSSR count). The van der Waals surface area contributed by atoms with Crippen LogP contribution in [0.5, 0.6) is 0 Å². The molecule has 0 saturated carbocycles. The van der Waals surface area contributed by atoms with Crippen LogP contribution in [0.2, 0.25) is 0 Å². The fourth-order valence-electron chi connectivity index (χ4n) is 1.65. The van der Waals surface area contributed by atoms with Crippen LogP contribution < -0.4 is 5.32 Å². The summed E-state index contributed by atoms with van der Waals surface area (Å²) >= 11 is 0. The first-order valence-electron chi connectivity index (χ1n) is 5.90. The van der Waals surface area contributed by atoms with Crippen LogP contribution in [0.1, 0.15) is 18.5 Å². The minimum atomic E-state index is -1.17. The topological polar surface area (TPSA) is 69.6 Å². The molecule has 1 aromatic carbocycles. The third kappa shape index (κ3) is 4.28. The van der Waals surface area contributed by atoms with Crippen molar-refractivity contribution in [2.75, 3.05) is 13.1 Å². The number of hydrogen-bond donors (Lipinski definition) is 2. The second-order valence-corrected chi connectivity index (χ2v) is 4.15. The lowest BCUT2D eigenvalue weighted by Crippen LogP contribution is -2.43. The van der Waals surface area contributed by atoms with Crippen molar-refractivity contribution < 1.29 is 19.1 Å². The van der Waals surface area contributed by atoms with E-state index < -0.39 is 30.4 Å². The Labute approximate surface area is 116 Å². The van der Waals surface area contributed by atoms with Gasteiger partial charge < -0.3 is 15.3 Å². The van der Waals surface area contributed by atoms with Crippen LogP contribution in [0.3, 0.4) is 0 Å². The molecule has 2 N–H and O–H groups in total. The third-order valence-corrected chi connectivity index (χ3v) is 2.61. The molecule has 0 aliphatic heterocycles. The number of benzene rings is 1. The second kappa shape index (κ2) is 7.14. The van der Waals surface area contributed by atoms with E-state index in [2.05, 4.69) is 11.2 Å². The van der Waals surface area contributed by atoms with Gasteiger partial charge in [0, 0.05) is 5.56 Å². The molecule has 5 nitrogen and oxygen atoms in total. The van der Waals surface area contributed by atoms with Crippen LogP contribution in [0, 0.1) is 18.2 Å². The van der Waals surface area contributed by atoms with Gasteiger partial charge in [-0.15, -0.1) is 6.42 Å². The van der Waals surface area contributed by atoms with Crippen molar-refractivity contribution in [3.05, 3.63) is 35.6 Å². The smallest absolute Gasteiger partial charge is 0.323 e. The number of carbonyl (C=O) groups excluding carboxylic acids is 1. The summed E-state index contributed by atoms with van der Waals surface area (Å²) in [6.07, 6.45) is 5.08. The van der Waals surface area contributed by atoms with Gasteiger partial charge in [0.05, 0.1) is 12.6 Å². The van der Waals surface area contributed by atoms with Crippen LogP contribution in [0.4, 0.5) is 9.18 Å². The average Bonchev–Trinajstić information content (AvgIpc) is 2.38. The Bertz CT molecular complexity index is 539. The highest BCUT2D eigenvalue weighted by Crippen LogP contribution is 2.16. The number of carboxylic acid groups (broad SMARTS) is 1. The molecule has 2 amide bonds. The Morgan fingerprint density at radius 1 is 1.50 bits per heavy atom. The number of urea groups is 1. The summed E-state index contributed by atoms with van der Waals surface area (Å²) in [5, 5.41) is 11.2. The van der Waals surface area contributed by atoms with E-state index in [-0.39, 0.29) is 6.54 Å². The zero-order valence-corrected chi connectivity index (χ0v) is 11.0. The van der Waals surface area contributed by atoms with Crippen molar-refractivity contribution >= 4 is 12.0 Å². The summed E-state index contributed by atoms with van der Waals surface area (Å²) in [5.74, 6) is 0.591. The molecule has 0 saturated heterocycles. The molecule has 0 bridgehead atoms. The molecule has 0 radical (unpaired) electrons. The molecule has 106 valence electrons. The maximum absolute atomic E-state index is 13.6. The first-order chi connectivity index (χ1) is 9.45. The predicted molar refractivity (Wildman–Crippen MR) is 71.4 cm³/mol. The van der Waals surface area contributed by atoms with Gasteiger partial charge in [0.1, 0.15) is 12.4 Å². The summed E-state index contributed by atoms with van der Waals surface area (Å²) in [5.41, 5.74) is 0.317. The molecule has 0 heterocycles. The summed E-state index contributed by atoms with van der Waals surface area (Å²) in [6, 6.07) is 4.77. The Hall–Kier alpha value is -2.55. The summed E-state index contributed by atoms with van der Waals surface area (Å²) < 4.78 is 13.6. The van der Waals surface area contributed by atoms with Gasteiger partial charge in [0.2, 0.25) is 0 Å². The quantitative estimate of drug-likeness (QED) is 0.804. The lowest BCUT2D eigenvalue weighted by molar-refractivity contribution is -0.137. The highest BCUT2D eigenvalue weighted by Gasteiger charge is 2.19. The van der Waals surface area contributed by atoms with Crippen molar-refractivity contribution in [1.29, 1.82) is 0 Å². The van der Waals surface area contributed by atoms with Gasteiger partial charge >= 0.3 is 12.0 Å². The molecule has 1 unspecified atom stereocenters. The number of nitrogens with zero attached hydrogens (tertiary/aromatic N) is 1. The van der Waals surface area contributed by atoms with Crippen molar-refractivity contribution in [2.24, 2.45) is 0 Å². The van der Waals surface area contributed by atoms with Gasteiger partial charge in [-0.05, 0) is 13.0 Å². The fraction of sp³-hybridized carbons (Fsp3) is 0.286. The van der Waals surface area contributed by atoms with E-state index in [0.29, 0.717) is 5.56 Å². The number of carbonyl (C=O) groups is 2. The van der Waals surface area contributed by atoms with Crippen LogP contribution in [-0.4, -0.2) is 35.1 Å². The van der Waals surface area contributed by atoms with E-state index in [9.17, 15) is 14.0 Å². The largest absolute Gasteiger partial charge is 0.480 e. The second-order valence-electron chi connectivity index (χ2n) is 4.15. The number of halogens is 1. The highest BCUT2D eigenvalue weighted by molar-refractivity contribution is 5.80. The molecule has 0 fully saturated rings. The maximum Gasteiger partial charge on any atom is 0.323 e. The predicted octanol–water partition coefficient (Wildman–Crippen LogP) is 1.62. The third-order valence-electron chi connectivity index (χ3n) is 2.61. The number of terminal acetylenes is 1. The van der Waals surface area contributed by atoms with Crippen LogP contribution in [-0.2, 0) is 4.79 Å². The lowest BCUT2D eigenvalue weighted by Gasteiger charge is -2.22. The number of aliphatic carboxylic acids is 1. The zero-order chi connectivity index (χ0) is 15.1. The number of rotatable bonds is 5. The van der Waals surface area contributed by atoms with Crippen molar-refractivity contribution in [3.63, 3.8) is 0 Å². The van der Waals surface area contributed by atoms with Gasteiger partial charge in [-0.2, -0.15) is 0 Å². The first kappa shape index (κ1) is 15.5. The van der Waals surface area contributed by atoms with Gasteiger partial charge in [0.25, 0.3) is 0 Å². The molecule has 0 aliphatic rings.